The number of benzene rings is 1. The predicted molar refractivity (Wildman–Crippen MR) is 94.9 cm³/mol. The number of hydrogen-bond acceptors (Lipinski definition) is 1. The second-order valence-electron chi connectivity index (χ2n) is 6.75. The molecule has 0 heterocycles. The summed E-state index contributed by atoms with van der Waals surface area (Å²) in [5.74, 6) is 0. The van der Waals surface area contributed by atoms with Gasteiger partial charge in [-0.1, -0.05) is 96.6 Å². The van der Waals surface area contributed by atoms with Gasteiger partial charge in [-0.2, -0.15) is 0 Å². The molecule has 0 fully saturated rings. The molecular weight excluding hydrogens is 254 g/mol. The van der Waals surface area contributed by atoms with E-state index in [1.54, 1.807) is 0 Å². The van der Waals surface area contributed by atoms with Crippen LogP contribution in [0.1, 0.15) is 78.2 Å². The van der Waals surface area contributed by atoms with E-state index in [1.165, 1.54) is 50.5 Å². The quantitative estimate of drug-likeness (QED) is 0.516. The first-order valence-corrected chi connectivity index (χ1v) is 8.91. The second kappa shape index (κ2) is 10.00. The largest absolute Gasteiger partial charge is 0.313 e. The molecule has 0 aliphatic rings. The zero-order valence-electron chi connectivity index (χ0n) is 14.6. The van der Waals surface area contributed by atoms with Crippen molar-refractivity contribution in [2.75, 3.05) is 6.54 Å². The number of rotatable bonds is 11. The maximum absolute atomic E-state index is 3.72. The fourth-order valence-electron chi connectivity index (χ4n) is 3.16. The minimum Gasteiger partial charge on any atom is -0.313 e. The highest BCUT2D eigenvalue weighted by atomic mass is 14.9. The fourth-order valence-corrected chi connectivity index (χ4v) is 3.16. The maximum atomic E-state index is 3.72. The molecule has 0 radical (unpaired) electrons. The molecule has 1 rings (SSSR count). The van der Waals surface area contributed by atoms with Crippen molar-refractivity contribution in [3.63, 3.8) is 0 Å². The van der Waals surface area contributed by atoms with Crippen molar-refractivity contribution in [2.24, 2.45) is 0 Å². The Bertz CT molecular complexity index is 355. The molecule has 1 atom stereocenters. The highest BCUT2D eigenvalue weighted by Crippen LogP contribution is 2.30. The fraction of sp³-hybridized carbons (Fsp3) is 0.700. The van der Waals surface area contributed by atoms with Crippen LogP contribution in [0.3, 0.4) is 0 Å². The lowest BCUT2D eigenvalue weighted by Gasteiger charge is -2.36. The first-order chi connectivity index (χ1) is 10.1. The van der Waals surface area contributed by atoms with Crippen LogP contribution < -0.4 is 5.32 Å². The van der Waals surface area contributed by atoms with Crippen LogP contribution in [-0.2, 0) is 5.41 Å². The monoisotopic (exact) mass is 289 g/mol. The van der Waals surface area contributed by atoms with E-state index in [0.717, 1.165) is 6.54 Å². The molecule has 1 N–H and O–H groups in total. The molecule has 0 bridgehead atoms. The van der Waals surface area contributed by atoms with E-state index >= 15 is 0 Å². The van der Waals surface area contributed by atoms with Gasteiger partial charge < -0.3 is 5.32 Å². The molecule has 0 saturated carbocycles. The average Bonchev–Trinajstić information content (AvgIpc) is 2.50. The normalized spacial score (nSPS) is 13.3. The molecule has 0 saturated heterocycles. The Morgan fingerprint density at radius 2 is 1.52 bits per heavy atom. The predicted octanol–water partition coefficient (Wildman–Crippen LogP) is 5.69. The van der Waals surface area contributed by atoms with Crippen LogP contribution in [0.25, 0.3) is 0 Å². The lowest BCUT2D eigenvalue weighted by Crippen LogP contribution is -2.44. The summed E-state index contributed by atoms with van der Waals surface area (Å²) in [6, 6.07) is 11.5. The van der Waals surface area contributed by atoms with Crippen LogP contribution in [0.5, 0.6) is 0 Å². The van der Waals surface area contributed by atoms with Crippen LogP contribution >= 0.6 is 0 Å². The molecule has 0 aliphatic heterocycles. The molecule has 1 aromatic carbocycles. The van der Waals surface area contributed by atoms with Crippen molar-refractivity contribution in [1.82, 2.24) is 5.32 Å². The Morgan fingerprint density at radius 1 is 0.905 bits per heavy atom. The highest BCUT2D eigenvalue weighted by Gasteiger charge is 2.29. The molecule has 0 amide bonds. The van der Waals surface area contributed by atoms with Gasteiger partial charge in [0.2, 0.25) is 0 Å². The van der Waals surface area contributed by atoms with E-state index in [2.05, 4.69) is 63.3 Å². The molecule has 120 valence electrons. The van der Waals surface area contributed by atoms with E-state index in [0.29, 0.717) is 6.04 Å². The minimum atomic E-state index is 0.195. The van der Waals surface area contributed by atoms with E-state index < -0.39 is 0 Å². The van der Waals surface area contributed by atoms with Crippen molar-refractivity contribution in [1.29, 1.82) is 0 Å². The molecule has 1 heteroatoms. The zero-order chi connectivity index (χ0) is 15.6. The van der Waals surface area contributed by atoms with Crippen LogP contribution in [0.15, 0.2) is 30.3 Å². The Hall–Kier alpha value is -0.820. The lowest BCUT2D eigenvalue weighted by atomic mass is 9.75. The van der Waals surface area contributed by atoms with Gasteiger partial charge in [0, 0.05) is 11.5 Å². The smallest absolute Gasteiger partial charge is 0.0159 e. The molecule has 1 unspecified atom stereocenters. The third-order valence-electron chi connectivity index (χ3n) is 4.69. The summed E-state index contributed by atoms with van der Waals surface area (Å²) in [6.45, 7) is 10.3. The number of likely N-dealkylation sites (N-methyl/N-ethyl adjacent to an activating group) is 1. The van der Waals surface area contributed by atoms with Gasteiger partial charge in [-0.15, -0.1) is 0 Å². The summed E-state index contributed by atoms with van der Waals surface area (Å²) in [4.78, 5) is 0. The summed E-state index contributed by atoms with van der Waals surface area (Å²) >= 11 is 0. The minimum absolute atomic E-state index is 0.195. The van der Waals surface area contributed by atoms with Gasteiger partial charge in [-0.3, -0.25) is 0 Å². The third-order valence-corrected chi connectivity index (χ3v) is 4.69. The van der Waals surface area contributed by atoms with Crippen molar-refractivity contribution >= 4 is 0 Å². The molecule has 1 aromatic rings. The van der Waals surface area contributed by atoms with Gasteiger partial charge in [-0.05, 0) is 18.5 Å². The van der Waals surface area contributed by atoms with E-state index in [1.807, 2.05) is 0 Å². The van der Waals surface area contributed by atoms with Gasteiger partial charge in [-0.25, -0.2) is 0 Å². The van der Waals surface area contributed by atoms with E-state index in [9.17, 15) is 0 Å². The number of hydrogen-bond donors (Lipinski definition) is 1. The topological polar surface area (TPSA) is 12.0 Å². The molecule has 21 heavy (non-hydrogen) atoms. The van der Waals surface area contributed by atoms with E-state index in [-0.39, 0.29) is 5.41 Å². The summed E-state index contributed by atoms with van der Waals surface area (Å²) in [7, 11) is 0. The standard InChI is InChI=1S/C20H35N/c1-5-7-8-9-10-14-17-19(21-6-2)20(3,4)18-15-12-11-13-16-18/h11-13,15-16,19,21H,5-10,14,17H2,1-4H3. The first kappa shape index (κ1) is 18.2. The number of nitrogens with one attached hydrogen (secondary N) is 1. The molecule has 1 nitrogen and oxygen atoms in total. The number of unbranched alkanes of at least 4 members (excludes halogenated alkanes) is 5. The molecular formula is C20H35N. The third kappa shape index (κ3) is 6.22. The average molecular weight is 290 g/mol. The van der Waals surface area contributed by atoms with Crippen LogP contribution in [0.4, 0.5) is 0 Å². The lowest BCUT2D eigenvalue weighted by molar-refractivity contribution is 0.318. The van der Waals surface area contributed by atoms with Crippen molar-refractivity contribution < 1.29 is 0 Å². The summed E-state index contributed by atoms with van der Waals surface area (Å²) in [5.41, 5.74) is 1.64. The summed E-state index contributed by atoms with van der Waals surface area (Å²) in [6.07, 6.45) is 9.54. The SMILES string of the molecule is CCCCCCCCC(NCC)C(C)(C)c1ccccc1. The highest BCUT2D eigenvalue weighted by molar-refractivity contribution is 5.25. The van der Waals surface area contributed by atoms with Gasteiger partial charge in [0.15, 0.2) is 0 Å². The van der Waals surface area contributed by atoms with Gasteiger partial charge in [0.1, 0.15) is 0 Å². The van der Waals surface area contributed by atoms with E-state index in [4.69, 9.17) is 0 Å². The van der Waals surface area contributed by atoms with Crippen LogP contribution in [-0.4, -0.2) is 12.6 Å². The Balaban J connectivity index is 2.51. The van der Waals surface area contributed by atoms with Gasteiger partial charge in [0.25, 0.3) is 0 Å². The van der Waals surface area contributed by atoms with Crippen molar-refractivity contribution in [2.45, 2.75) is 84.1 Å². The van der Waals surface area contributed by atoms with Crippen molar-refractivity contribution in [3.8, 4) is 0 Å². The molecule has 0 spiro atoms. The summed E-state index contributed by atoms with van der Waals surface area (Å²) < 4.78 is 0. The maximum Gasteiger partial charge on any atom is 0.0159 e. The van der Waals surface area contributed by atoms with Crippen molar-refractivity contribution in [3.05, 3.63) is 35.9 Å². The first-order valence-electron chi connectivity index (χ1n) is 8.91. The Morgan fingerprint density at radius 3 is 2.14 bits per heavy atom. The van der Waals surface area contributed by atoms with Gasteiger partial charge in [0.05, 0.1) is 0 Å². The van der Waals surface area contributed by atoms with Crippen LogP contribution in [0, 0.1) is 0 Å². The van der Waals surface area contributed by atoms with Crippen LogP contribution in [0.2, 0.25) is 0 Å². The molecule has 0 aromatic heterocycles. The van der Waals surface area contributed by atoms with Gasteiger partial charge >= 0.3 is 0 Å². The molecule has 0 aliphatic carbocycles. The zero-order valence-corrected chi connectivity index (χ0v) is 14.6. The Labute approximate surface area is 132 Å². The summed E-state index contributed by atoms with van der Waals surface area (Å²) in [5, 5.41) is 3.72. The second-order valence-corrected chi connectivity index (χ2v) is 6.75. The Kier molecular flexibility index (Phi) is 8.68.